The second-order valence-electron chi connectivity index (χ2n) is 3.28. The molecule has 0 aliphatic heterocycles. The van der Waals surface area contributed by atoms with Gasteiger partial charge in [-0.1, -0.05) is 6.92 Å². The molecule has 0 bridgehead atoms. The summed E-state index contributed by atoms with van der Waals surface area (Å²) in [5.74, 6) is 1.79. The van der Waals surface area contributed by atoms with Crippen molar-refractivity contribution in [2.24, 2.45) is 5.73 Å². The smallest absolute Gasteiger partial charge is 0.130 e. The van der Waals surface area contributed by atoms with Crippen LogP contribution in [0.4, 0.5) is 5.82 Å². The van der Waals surface area contributed by atoms with E-state index in [4.69, 9.17) is 5.73 Å². The molecule has 3 N–H and O–H groups in total. The first-order valence-corrected chi connectivity index (χ1v) is 5.04. The number of aryl methyl sites for hydroxylation is 2. The van der Waals surface area contributed by atoms with Crippen LogP contribution >= 0.6 is 0 Å². The van der Waals surface area contributed by atoms with Crippen molar-refractivity contribution in [3.05, 3.63) is 17.6 Å². The molecule has 0 aliphatic carbocycles. The molecule has 0 unspecified atom stereocenters. The Balaban J connectivity index is 2.73. The molecular formula is C10H18N4. The van der Waals surface area contributed by atoms with Gasteiger partial charge in [-0.15, -0.1) is 0 Å². The van der Waals surface area contributed by atoms with E-state index >= 15 is 0 Å². The average molecular weight is 194 g/mol. The molecule has 0 aliphatic rings. The Morgan fingerprint density at radius 2 is 2.21 bits per heavy atom. The van der Waals surface area contributed by atoms with E-state index in [1.165, 1.54) is 0 Å². The Hall–Kier alpha value is -1.16. The number of rotatable bonds is 5. The monoisotopic (exact) mass is 194 g/mol. The van der Waals surface area contributed by atoms with Gasteiger partial charge in [0.2, 0.25) is 0 Å². The summed E-state index contributed by atoms with van der Waals surface area (Å²) in [4.78, 5) is 8.73. The molecule has 0 saturated carbocycles. The van der Waals surface area contributed by atoms with E-state index in [-0.39, 0.29) is 0 Å². The minimum Gasteiger partial charge on any atom is -0.369 e. The summed E-state index contributed by atoms with van der Waals surface area (Å²) in [6.07, 6.45) is 2.00. The number of hydrogen-bond acceptors (Lipinski definition) is 4. The highest BCUT2D eigenvalue weighted by Gasteiger charge is 2.00. The van der Waals surface area contributed by atoms with Crippen molar-refractivity contribution in [3.63, 3.8) is 0 Å². The van der Waals surface area contributed by atoms with Crippen LogP contribution in [0.25, 0.3) is 0 Å². The number of nitrogens with one attached hydrogen (secondary N) is 1. The minimum absolute atomic E-state index is 0.617. The van der Waals surface area contributed by atoms with Crippen LogP contribution in [0.1, 0.15) is 24.9 Å². The van der Waals surface area contributed by atoms with Gasteiger partial charge in [-0.05, 0) is 13.3 Å². The topological polar surface area (TPSA) is 63.8 Å². The zero-order valence-electron chi connectivity index (χ0n) is 8.88. The Kier molecular flexibility index (Phi) is 4.32. The summed E-state index contributed by atoms with van der Waals surface area (Å²) in [6, 6.07) is 1.94. The highest BCUT2D eigenvalue weighted by Crippen LogP contribution is 2.06. The summed E-state index contributed by atoms with van der Waals surface area (Å²) in [5, 5.41) is 3.16. The molecule has 0 atom stereocenters. The molecule has 78 valence electrons. The van der Waals surface area contributed by atoms with Gasteiger partial charge in [-0.25, -0.2) is 9.97 Å². The van der Waals surface area contributed by atoms with Crippen LogP contribution < -0.4 is 11.1 Å². The Labute approximate surface area is 85.0 Å². The van der Waals surface area contributed by atoms with Crippen molar-refractivity contribution in [3.8, 4) is 0 Å². The molecule has 4 heteroatoms. The lowest BCUT2D eigenvalue weighted by Gasteiger charge is -2.06. The van der Waals surface area contributed by atoms with Gasteiger partial charge in [-0.3, -0.25) is 0 Å². The van der Waals surface area contributed by atoms with Crippen molar-refractivity contribution >= 4 is 5.82 Å². The second kappa shape index (κ2) is 5.54. The van der Waals surface area contributed by atoms with E-state index in [1.807, 2.05) is 13.0 Å². The van der Waals surface area contributed by atoms with E-state index in [1.54, 1.807) is 0 Å². The van der Waals surface area contributed by atoms with Gasteiger partial charge >= 0.3 is 0 Å². The van der Waals surface area contributed by atoms with Crippen LogP contribution in [-0.2, 0) is 6.42 Å². The molecule has 0 fully saturated rings. The SMILES string of the molecule is CCCc1nc(C)cc(NCCN)n1. The molecule has 1 aromatic heterocycles. The number of anilines is 1. The van der Waals surface area contributed by atoms with Crippen molar-refractivity contribution in [1.82, 2.24) is 9.97 Å². The molecule has 0 saturated heterocycles. The maximum absolute atomic E-state index is 5.41. The summed E-state index contributed by atoms with van der Waals surface area (Å²) in [6.45, 7) is 5.47. The molecule has 4 nitrogen and oxygen atoms in total. The molecule has 1 heterocycles. The quantitative estimate of drug-likeness (QED) is 0.737. The lowest BCUT2D eigenvalue weighted by molar-refractivity contribution is 0.824. The maximum Gasteiger partial charge on any atom is 0.130 e. The van der Waals surface area contributed by atoms with Gasteiger partial charge in [0, 0.05) is 31.3 Å². The van der Waals surface area contributed by atoms with Gasteiger partial charge in [-0.2, -0.15) is 0 Å². The third-order valence-corrected chi connectivity index (χ3v) is 1.82. The summed E-state index contributed by atoms with van der Waals surface area (Å²) >= 11 is 0. The second-order valence-corrected chi connectivity index (χ2v) is 3.28. The summed E-state index contributed by atoms with van der Waals surface area (Å²) < 4.78 is 0. The molecule has 0 spiro atoms. The first kappa shape index (κ1) is 10.9. The van der Waals surface area contributed by atoms with Gasteiger partial charge in [0.1, 0.15) is 11.6 Å². The van der Waals surface area contributed by atoms with Crippen LogP contribution in [0.5, 0.6) is 0 Å². The lowest BCUT2D eigenvalue weighted by atomic mass is 10.3. The Morgan fingerprint density at radius 1 is 1.43 bits per heavy atom. The van der Waals surface area contributed by atoms with E-state index in [2.05, 4.69) is 22.2 Å². The van der Waals surface area contributed by atoms with Gasteiger partial charge in [0.15, 0.2) is 0 Å². The third-order valence-electron chi connectivity index (χ3n) is 1.82. The normalized spacial score (nSPS) is 10.2. The predicted molar refractivity (Wildman–Crippen MR) is 58.3 cm³/mol. The first-order valence-electron chi connectivity index (χ1n) is 5.04. The molecule has 0 aromatic carbocycles. The Bertz CT molecular complexity index is 285. The summed E-state index contributed by atoms with van der Waals surface area (Å²) in [5.41, 5.74) is 6.41. The molecule has 1 aromatic rings. The van der Waals surface area contributed by atoms with Gasteiger partial charge in [0.05, 0.1) is 0 Å². The zero-order chi connectivity index (χ0) is 10.4. The highest BCUT2D eigenvalue weighted by atomic mass is 15.0. The average Bonchev–Trinajstić information content (AvgIpc) is 2.14. The van der Waals surface area contributed by atoms with Crippen LogP contribution in [0.2, 0.25) is 0 Å². The fourth-order valence-electron chi connectivity index (χ4n) is 1.26. The maximum atomic E-state index is 5.41. The molecule has 0 radical (unpaired) electrons. The van der Waals surface area contributed by atoms with Crippen molar-refractivity contribution in [2.45, 2.75) is 26.7 Å². The van der Waals surface area contributed by atoms with Gasteiger partial charge < -0.3 is 11.1 Å². The largest absolute Gasteiger partial charge is 0.369 e. The minimum atomic E-state index is 0.617. The first-order chi connectivity index (χ1) is 6.76. The number of nitrogens with two attached hydrogens (primary N) is 1. The van der Waals surface area contributed by atoms with Crippen LogP contribution in [0.15, 0.2) is 6.07 Å². The number of hydrogen-bond donors (Lipinski definition) is 2. The van der Waals surface area contributed by atoms with Crippen molar-refractivity contribution in [2.75, 3.05) is 18.4 Å². The standard InChI is InChI=1S/C10H18N4/c1-3-4-9-13-8(2)7-10(14-9)12-6-5-11/h7H,3-6,11H2,1-2H3,(H,12,13,14). The lowest BCUT2D eigenvalue weighted by Crippen LogP contribution is -2.14. The molecular weight excluding hydrogens is 176 g/mol. The van der Waals surface area contributed by atoms with Crippen LogP contribution in [-0.4, -0.2) is 23.1 Å². The molecule has 14 heavy (non-hydrogen) atoms. The van der Waals surface area contributed by atoms with Crippen LogP contribution in [0.3, 0.4) is 0 Å². The Morgan fingerprint density at radius 3 is 2.86 bits per heavy atom. The number of aromatic nitrogens is 2. The summed E-state index contributed by atoms with van der Waals surface area (Å²) in [7, 11) is 0. The van der Waals surface area contributed by atoms with Gasteiger partial charge in [0.25, 0.3) is 0 Å². The third kappa shape index (κ3) is 3.30. The van der Waals surface area contributed by atoms with Crippen LogP contribution in [0, 0.1) is 6.92 Å². The highest BCUT2D eigenvalue weighted by molar-refractivity contribution is 5.35. The fraction of sp³-hybridized carbons (Fsp3) is 0.600. The van der Waals surface area contributed by atoms with E-state index in [0.29, 0.717) is 6.54 Å². The molecule has 1 rings (SSSR count). The van der Waals surface area contributed by atoms with E-state index < -0.39 is 0 Å². The van der Waals surface area contributed by atoms with Crippen molar-refractivity contribution in [1.29, 1.82) is 0 Å². The number of nitrogens with zero attached hydrogens (tertiary/aromatic N) is 2. The van der Waals surface area contributed by atoms with E-state index in [9.17, 15) is 0 Å². The van der Waals surface area contributed by atoms with Crippen molar-refractivity contribution < 1.29 is 0 Å². The predicted octanol–water partition coefficient (Wildman–Crippen LogP) is 1.11. The van der Waals surface area contributed by atoms with E-state index in [0.717, 1.165) is 36.7 Å². The molecule has 0 amide bonds. The zero-order valence-corrected chi connectivity index (χ0v) is 8.88. The fourth-order valence-corrected chi connectivity index (χ4v) is 1.26.